The lowest BCUT2D eigenvalue weighted by molar-refractivity contribution is -0.120. The highest BCUT2D eigenvalue weighted by Gasteiger charge is 2.35. The molecule has 0 fully saturated rings. The molecule has 4 heteroatoms. The van der Waals surface area contributed by atoms with Crippen LogP contribution in [0.5, 0.6) is 0 Å². The maximum atomic E-state index is 12.6. The van der Waals surface area contributed by atoms with Crippen LogP contribution in [0.1, 0.15) is 17.2 Å². The molecule has 100 valence electrons. The predicted molar refractivity (Wildman–Crippen MR) is 85.5 cm³/mol. The molecule has 0 bridgehead atoms. The Morgan fingerprint density at radius 2 is 1.80 bits per heavy atom. The Labute approximate surface area is 130 Å². The number of nitrogens with two attached hydrogens (primary N) is 1. The summed E-state index contributed by atoms with van der Waals surface area (Å²) >= 11 is 2.21. The van der Waals surface area contributed by atoms with Gasteiger partial charge in [0.25, 0.3) is 0 Å². The van der Waals surface area contributed by atoms with Crippen LogP contribution in [0, 0.1) is 3.57 Å². The maximum absolute atomic E-state index is 12.6. The fourth-order valence-corrected chi connectivity index (χ4v) is 2.81. The molecule has 3 rings (SSSR count). The lowest BCUT2D eigenvalue weighted by Gasteiger charge is -2.09. The van der Waals surface area contributed by atoms with Crippen molar-refractivity contribution in [2.75, 3.05) is 0 Å². The third kappa shape index (κ3) is 2.31. The van der Waals surface area contributed by atoms with Crippen LogP contribution in [0.3, 0.4) is 0 Å². The van der Waals surface area contributed by atoms with Crippen LogP contribution in [-0.4, -0.2) is 5.78 Å². The van der Waals surface area contributed by atoms with E-state index in [9.17, 15) is 4.79 Å². The molecular formula is C16H12INO2. The van der Waals surface area contributed by atoms with Crippen molar-refractivity contribution >= 4 is 33.9 Å². The molecule has 2 aromatic rings. The second-order valence-electron chi connectivity index (χ2n) is 4.52. The number of benzene rings is 2. The predicted octanol–water partition coefficient (Wildman–Crippen LogP) is 3.26. The van der Waals surface area contributed by atoms with Gasteiger partial charge in [-0.25, -0.2) is 0 Å². The van der Waals surface area contributed by atoms with E-state index in [1.54, 1.807) is 0 Å². The smallest absolute Gasteiger partial charge is 0.213 e. The van der Waals surface area contributed by atoms with Crippen LogP contribution in [0.2, 0.25) is 0 Å². The van der Waals surface area contributed by atoms with Gasteiger partial charge in [-0.3, -0.25) is 4.79 Å². The Morgan fingerprint density at radius 1 is 1.05 bits per heavy atom. The Kier molecular flexibility index (Phi) is 3.48. The molecule has 3 nitrogen and oxygen atoms in total. The largest absolute Gasteiger partial charge is 0.462 e. The summed E-state index contributed by atoms with van der Waals surface area (Å²) in [6, 6.07) is 17.1. The van der Waals surface area contributed by atoms with Gasteiger partial charge in [0.2, 0.25) is 5.78 Å². The van der Waals surface area contributed by atoms with Gasteiger partial charge in [-0.1, -0.05) is 42.5 Å². The third-order valence-electron chi connectivity index (χ3n) is 3.19. The lowest BCUT2D eigenvalue weighted by Crippen LogP contribution is -2.09. The number of Topliss-reactive ketones (excluding diaryl/α,β-unsaturated/α-hetero) is 1. The molecule has 0 aliphatic carbocycles. The van der Waals surface area contributed by atoms with E-state index >= 15 is 0 Å². The van der Waals surface area contributed by atoms with Gasteiger partial charge >= 0.3 is 0 Å². The van der Waals surface area contributed by atoms with Crippen molar-refractivity contribution < 1.29 is 9.53 Å². The minimum atomic E-state index is -0.635. The second-order valence-corrected chi connectivity index (χ2v) is 5.77. The fraction of sp³-hybridized carbons (Fsp3) is 0.0625. The number of ketones is 1. The zero-order valence-electron chi connectivity index (χ0n) is 10.5. The average Bonchev–Trinajstić information content (AvgIpc) is 2.75. The molecule has 2 N–H and O–H groups in total. The molecule has 0 amide bonds. The Balaban J connectivity index is 1.98. The van der Waals surface area contributed by atoms with Crippen LogP contribution in [0.4, 0.5) is 0 Å². The van der Waals surface area contributed by atoms with E-state index in [0.29, 0.717) is 5.57 Å². The van der Waals surface area contributed by atoms with Crippen molar-refractivity contribution in [3.8, 4) is 0 Å². The van der Waals surface area contributed by atoms with Gasteiger partial charge in [0.05, 0.1) is 5.57 Å². The first kappa shape index (κ1) is 13.2. The third-order valence-corrected chi connectivity index (χ3v) is 3.86. The zero-order valence-corrected chi connectivity index (χ0v) is 12.7. The van der Waals surface area contributed by atoms with Crippen molar-refractivity contribution in [1.29, 1.82) is 0 Å². The van der Waals surface area contributed by atoms with Crippen molar-refractivity contribution in [3.05, 3.63) is 75.2 Å². The highest BCUT2D eigenvalue weighted by molar-refractivity contribution is 14.1. The van der Waals surface area contributed by atoms with Gasteiger partial charge in [0, 0.05) is 9.13 Å². The van der Waals surface area contributed by atoms with Crippen molar-refractivity contribution in [3.63, 3.8) is 0 Å². The molecule has 1 heterocycles. The summed E-state index contributed by atoms with van der Waals surface area (Å²) in [4.78, 5) is 12.6. The van der Waals surface area contributed by atoms with Gasteiger partial charge in [-0.15, -0.1) is 0 Å². The standard InChI is InChI=1S/C16H12INO2/c17-12-8-4-7-11(9-12)13-14(19)15(20-16(13)18)10-5-2-1-3-6-10/h1-9,15H,18H2. The number of halogens is 1. The fourth-order valence-electron chi connectivity index (χ4n) is 2.27. The van der Waals surface area contributed by atoms with Gasteiger partial charge < -0.3 is 10.5 Å². The molecule has 0 saturated heterocycles. The van der Waals surface area contributed by atoms with Crippen LogP contribution >= 0.6 is 22.6 Å². The van der Waals surface area contributed by atoms with E-state index < -0.39 is 6.10 Å². The molecule has 0 spiro atoms. The molecule has 0 saturated carbocycles. The van der Waals surface area contributed by atoms with E-state index in [2.05, 4.69) is 22.6 Å². The Morgan fingerprint density at radius 3 is 2.50 bits per heavy atom. The highest BCUT2D eigenvalue weighted by atomic mass is 127. The summed E-state index contributed by atoms with van der Waals surface area (Å²) in [5, 5.41) is 0. The monoisotopic (exact) mass is 377 g/mol. The van der Waals surface area contributed by atoms with E-state index in [1.165, 1.54) is 0 Å². The van der Waals surface area contributed by atoms with Gasteiger partial charge in [0.1, 0.15) is 0 Å². The van der Waals surface area contributed by atoms with Gasteiger partial charge in [-0.05, 0) is 40.3 Å². The van der Waals surface area contributed by atoms with Crippen LogP contribution in [0.25, 0.3) is 5.57 Å². The van der Waals surface area contributed by atoms with Crippen LogP contribution in [-0.2, 0) is 9.53 Å². The molecule has 20 heavy (non-hydrogen) atoms. The molecule has 1 unspecified atom stereocenters. The van der Waals surface area contributed by atoms with Crippen LogP contribution < -0.4 is 5.73 Å². The van der Waals surface area contributed by atoms with E-state index in [4.69, 9.17) is 10.5 Å². The number of hydrogen-bond donors (Lipinski definition) is 1. The number of carbonyl (C=O) groups excluding carboxylic acids is 1. The number of carbonyl (C=O) groups is 1. The molecule has 1 aliphatic heterocycles. The minimum absolute atomic E-state index is 0.0873. The second kappa shape index (κ2) is 5.28. The normalized spacial score (nSPS) is 18.2. The summed E-state index contributed by atoms with van der Waals surface area (Å²) in [7, 11) is 0. The summed E-state index contributed by atoms with van der Waals surface area (Å²) in [6.45, 7) is 0. The topological polar surface area (TPSA) is 52.3 Å². The summed E-state index contributed by atoms with van der Waals surface area (Å²) in [6.07, 6.45) is -0.635. The summed E-state index contributed by atoms with van der Waals surface area (Å²) in [5.41, 5.74) is 8.01. The quantitative estimate of drug-likeness (QED) is 0.818. The molecular weight excluding hydrogens is 365 g/mol. The zero-order chi connectivity index (χ0) is 14.1. The summed E-state index contributed by atoms with van der Waals surface area (Å²) < 4.78 is 6.62. The SMILES string of the molecule is NC1=C(c2cccc(I)c2)C(=O)C(c2ccccc2)O1. The summed E-state index contributed by atoms with van der Waals surface area (Å²) in [5.74, 6) is 0.113. The van der Waals surface area contributed by atoms with E-state index in [0.717, 1.165) is 14.7 Å². The van der Waals surface area contributed by atoms with Gasteiger partial charge in [-0.2, -0.15) is 0 Å². The minimum Gasteiger partial charge on any atom is -0.462 e. The molecule has 1 aliphatic rings. The first-order valence-electron chi connectivity index (χ1n) is 6.18. The molecule has 0 radical (unpaired) electrons. The number of hydrogen-bond acceptors (Lipinski definition) is 3. The molecule has 2 aromatic carbocycles. The lowest BCUT2D eigenvalue weighted by atomic mass is 9.97. The highest BCUT2D eigenvalue weighted by Crippen LogP contribution is 2.36. The molecule has 1 atom stereocenters. The van der Waals surface area contributed by atoms with E-state index in [-0.39, 0.29) is 11.7 Å². The van der Waals surface area contributed by atoms with Crippen molar-refractivity contribution in [1.82, 2.24) is 0 Å². The maximum Gasteiger partial charge on any atom is 0.213 e. The first-order chi connectivity index (χ1) is 9.66. The average molecular weight is 377 g/mol. The van der Waals surface area contributed by atoms with Crippen molar-refractivity contribution in [2.45, 2.75) is 6.10 Å². The number of rotatable bonds is 2. The molecule has 0 aromatic heterocycles. The Hall–Kier alpha value is -1.82. The van der Waals surface area contributed by atoms with E-state index in [1.807, 2.05) is 54.6 Å². The first-order valence-corrected chi connectivity index (χ1v) is 7.26. The van der Waals surface area contributed by atoms with Crippen LogP contribution in [0.15, 0.2) is 60.5 Å². The van der Waals surface area contributed by atoms with Gasteiger partial charge in [0.15, 0.2) is 12.0 Å². The number of ether oxygens (including phenoxy) is 1. The Bertz CT molecular complexity index is 695. The van der Waals surface area contributed by atoms with Crippen molar-refractivity contribution in [2.24, 2.45) is 5.73 Å².